The van der Waals surface area contributed by atoms with Crippen LogP contribution in [0.4, 0.5) is 14.6 Å². The number of rotatable bonds is 4. The molecule has 5 N–H and O–H groups in total. The van der Waals surface area contributed by atoms with Gasteiger partial charge in [-0.25, -0.2) is 23.7 Å². The predicted octanol–water partition coefficient (Wildman–Crippen LogP) is 3.20. The standard InChI is InChI=1S/C20H19F2N5O2.ClH.H2O/c21-11-5-12-13(7-24-17(12)23-6-11)18-25-8-14(22)19(27-18)26-16-10-3-1-9(2-4-10)15(16)20(28)29;;/h5-10,15-16H,1-4H2,(H,23,24)(H,28,29)(H,25,26,27);1H;1H2/t9?,10?,15-,16-;;/m0../s1. The normalized spacial score (nSPS) is 24.3. The summed E-state index contributed by atoms with van der Waals surface area (Å²) in [5.74, 6) is -2.12. The third-order valence-electron chi connectivity index (χ3n) is 6.29. The highest BCUT2D eigenvalue weighted by Gasteiger charge is 2.47. The van der Waals surface area contributed by atoms with Crippen LogP contribution < -0.4 is 5.32 Å². The molecule has 2 atom stereocenters. The molecular formula is C20H22ClF2N5O3. The minimum absolute atomic E-state index is 0. The SMILES string of the molecule is Cl.O.O=C(O)[C@H]1C2CCC(CC2)[C@@H]1Nc1nc(-c2c[nH]c3ncc(F)cc23)ncc1F. The summed E-state index contributed by atoms with van der Waals surface area (Å²) in [4.78, 5) is 27.1. The molecule has 11 heteroatoms. The van der Waals surface area contributed by atoms with Crippen molar-refractivity contribution in [2.75, 3.05) is 5.32 Å². The Hall–Kier alpha value is -2.85. The van der Waals surface area contributed by atoms with Crippen LogP contribution in [-0.2, 0) is 4.79 Å². The summed E-state index contributed by atoms with van der Waals surface area (Å²) in [5, 5.41) is 13.3. The molecule has 31 heavy (non-hydrogen) atoms. The van der Waals surface area contributed by atoms with E-state index in [0.717, 1.165) is 38.1 Å². The maximum absolute atomic E-state index is 14.5. The first-order valence-electron chi connectivity index (χ1n) is 9.66. The highest BCUT2D eigenvalue weighted by atomic mass is 35.5. The Bertz CT molecular complexity index is 1100. The number of pyridine rings is 1. The van der Waals surface area contributed by atoms with E-state index >= 15 is 0 Å². The average Bonchev–Trinajstić information content (AvgIpc) is 3.13. The van der Waals surface area contributed by atoms with E-state index in [1.807, 2.05) is 0 Å². The summed E-state index contributed by atoms with van der Waals surface area (Å²) in [6.07, 6.45) is 7.39. The van der Waals surface area contributed by atoms with Gasteiger partial charge in [0.2, 0.25) is 0 Å². The van der Waals surface area contributed by atoms with Crippen LogP contribution in [0.3, 0.4) is 0 Å². The number of hydrogen-bond acceptors (Lipinski definition) is 5. The third kappa shape index (κ3) is 3.92. The van der Waals surface area contributed by atoms with Gasteiger partial charge in [-0.2, -0.15) is 0 Å². The zero-order valence-corrected chi connectivity index (χ0v) is 17.1. The van der Waals surface area contributed by atoms with E-state index in [0.29, 0.717) is 16.6 Å². The number of nitrogens with one attached hydrogen (secondary N) is 2. The molecule has 8 nitrogen and oxygen atoms in total. The molecule has 3 heterocycles. The van der Waals surface area contributed by atoms with E-state index < -0.39 is 23.5 Å². The second kappa shape index (κ2) is 8.72. The molecule has 6 rings (SSSR count). The number of carboxylic acid groups (broad SMARTS) is 1. The Morgan fingerprint density at radius 3 is 2.55 bits per heavy atom. The Balaban J connectivity index is 0.00000136. The summed E-state index contributed by atoms with van der Waals surface area (Å²) >= 11 is 0. The van der Waals surface area contributed by atoms with E-state index in [9.17, 15) is 18.7 Å². The molecule has 3 aliphatic carbocycles. The largest absolute Gasteiger partial charge is 0.481 e. The summed E-state index contributed by atoms with van der Waals surface area (Å²) in [5.41, 5.74) is 0.967. The number of carbonyl (C=O) groups is 1. The molecule has 3 aliphatic rings. The van der Waals surface area contributed by atoms with Gasteiger partial charge >= 0.3 is 5.97 Å². The first kappa shape index (κ1) is 22.8. The van der Waals surface area contributed by atoms with Crippen molar-refractivity contribution in [2.45, 2.75) is 31.7 Å². The number of hydrogen-bond donors (Lipinski definition) is 3. The molecule has 0 aliphatic heterocycles. The van der Waals surface area contributed by atoms with Crippen LogP contribution in [0.5, 0.6) is 0 Å². The fraction of sp³-hybridized carbons (Fsp3) is 0.400. The van der Waals surface area contributed by atoms with Gasteiger partial charge in [-0.1, -0.05) is 0 Å². The van der Waals surface area contributed by atoms with Gasteiger partial charge in [-0.15, -0.1) is 12.4 Å². The summed E-state index contributed by atoms with van der Waals surface area (Å²) in [6.45, 7) is 0. The predicted molar refractivity (Wildman–Crippen MR) is 112 cm³/mol. The number of aromatic nitrogens is 4. The lowest BCUT2D eigenvalue weighted by Gasteiger charge is -2.47. The number of fused-ring (bicyclic) bond motifs is 4. The number of H-pyrrole nitrogens is 1. The van der Waals surface area contributed by atoms with Gasteiger partial charge in [0.1, 0.15) is 11.5 Å². The van der Waals surface area contributed by atoms with Crippen LogP contribution in [0.25, 0.3) is 22.4 Å². The second-order valence-corrected chi connectivity index (χ2v) is 7.85. The second-order valence-electron chi connectivity index (χ2n) is 7.85. The lowest BCUT2D eigenvalue weighted by molar-refractivity contribution is -0.148. The van der Waals surface area contributed by atoms with Crippen molar-refractivity contribution in [1.29, 1.82) is 0 Å². The Labute approximate surface area is 182 Å². The zero-order chi connectivity index (χ0) is 20.1. The van der Waals surface area contributed by atoms with Crippen molar-refractivity contribution in [3.05, 3.63) is 36.3 Å². The van der Waals surface area contributed by atoms with Gasteiger partial charge in [0.05, 0.1) is 18.3 Å². The van der Waals surface area contributed by atoms with Gasteiger partial charge in [-0.05, 0) is 43.6 Å². The molecule has 3 aromatic heterocycles. The molecule has 0 unspecified atom stereocenters. The molecule has 0 radical (unpaired) electrons. The number of carboxylic acids is 1. The highest BCUT2D eigenvalue weighted by molar-refractivity contribution is 5.91. The number of aromatic amines is 1. The minimum Gasteiger partial charge on any atom is -0.481 e. The molecule has 0 aromatic carbocycles. The van der Waals surface area contributed by atoms with Gasteiger partial charge in [-0.3, -0.25) is 4.79 Å². The molecule has 0 saturated heterocycles. The monoisotopic (exact) mass is 453 g/mol. The Morgan fingerprint density at radius 1 is 1.13 bits per heavy atom. The first-order chi connectivity index (χ1) is 14.0. The molecule has 3 fully saturated rings. The molecule has 166 valence electrons. The highest BCUT2D eigenvalue weighted by Crippen LogP contribution is 2.46. The lowest BCUT2D eigenvalue weighted by atomic mass is 9.61. The smallest absolute Gasteiger partial charge is 0.308 e. The summed E-state index contributed by atoms with van der Waals surface area (Å²) < 4.78 is 28.1. The van der Waals surface area contributed by atoms with Gasteiger partial charge < -0.3 is 20.9 Å². The summed E-state index contributed by atoms with van der Waals surface area (Å²) in [7, 11) is 0. The van der Waals surface area contributed by atoms with E-state index in [4.69, 9.17) is 0 Å². The van der Waals surface area contributed by atoms with Crippen molar-refractivity contribution in [2.24, 2.45) is 17.8 Å². The molecular weight excluding hydrogens is 432 g/mol. The average molecular weight is 454 g/mol. The maximum atomic E-state index is 14.5. The first-order valence-corrected chi connectivity index (χ1v) is 9.66. The fourth-order valence-corrected chi connectivity index (χ4v) is 4.93. The third-order valence-corrected chi connectivity index (χ3v) is 6.29. The lowest BCUT2D eigenvalue weighted by Crippen LogP contribution is -2.51. The van der Waals surface area contributed by atoms with Crippen LogP contribution in [0.15, 0.2) is 24.7 Å². The van der Waals surface area contributed by atoms with E-state index in [2.05, 4.69) is 25.3 Å². The summed E-state index contributed by atoms with van der Waals surface area (Å²) in [6, 6.07) is 0.938. The number of halogens is 3. The van der Waals surface area contributed by atoms with E-state index in [1.165, 1.54) is 6.07 Å². The molecule has 3 aromatic rings. The van der Waals surface area contributed by atoms with E-state index in [1.54, 1.807) is 6.20 Å². The van der Waals surface area contributed by atoms with Gasteiger partial charge in [0, 0.05) is 23.2 Å². The zero-order valence-electron chi connectivity index (χ0n) is 16.3. The number of nitrogens with zero attached hydrogens (tertiary/aromatic N) is 3. The van der Waals surface area contributed by atoms with Crippen LogP contribution in [0.2, 0.25) is 0 Å². The fourth-order valence-electron chi connectivity index (χ4n) is 4.93. The van der Waals surface area contributed by atoms with Crippen LogP contribution >= 0.6 is 12.4 Å². The van der Waals surface area contributed by atoms with Crippen LogP contribution in [-0.4, -0.2) is 42.5 Å². The maximum Gasteiger partial charge on any atom is 0.308 e. The minimum atomic E-state index is -0.857. The molecule has 3 saturated carbocycles. The van der Waals surface area contributed by atoms with Crippen LogP contribution in [0, 0.1) is 29.4 Å². The van der Waals surface area contributed by atoms with Crippen LogP contribution in [0.1, 0.15) is 25.7 Å². The van der Waals surface area contributed by atoms with Crippen molar-refractivity contribution in [1.82, 2.24) is 19.9 Å². The quantitative estimate of drug-likeness (QED) is 0.555. The molecule has 0 amide bonds. The number of aliphatic carboxylic acids is 1. The van der Waals surface area contributed by atoms with Crippen molar-refractivity contribution < 1.29 is 24.2 Å². The van der Waals surface area contributed by atoms with Crippen molar-refractivity contribution in [3.63, 3.8) is 0 Å². The van der Waals surface area contributed by atoms with Gasteiger partial charge in [0.15, 0.2) is 17.5 Å². The topological polar surface area (TPSA) is 135 Å². The number of anilines is 1. The van der Waals surface area contributed by atoms with Crippen molar-refractivity contribution >= 4 is 35.2 Å². The molecule has 2 bridgehead atoms. The Morgan fingerprint density at radius 2 is 1.84 bits per heavy atom. The Kier molecular flexibility index (Phi) is 6.42. The van der Waals surface area contributed by atoms with Crippen molar-refractivity contribution in [3.8, 4) is 11.4 Å². The molecule has 0 spiro atoms. The van der Waals surface area contributed by atoms with Gasteiger partial charge in [0.25, 0.3) is 0 Å². The van der Waals surface area contributed by atoms with E-state index in [-0.39, 0.29) is 47.4 Å².